The highest BCUT2D eigenvalue weighted by Crippen LogP contribution is 2.26. The molecule has 0 radical (unpaired) electrons. The second-order valence-electron chi connectivity index (χ2n) is 9.96. The maximum atomic E-state index is 14.2. The summed E-state index contributed by atoms with van der Waals surface area (Å²) in [6.45, 7) is 0.366. The Labute approximate surface area is 241 Å². The fourth-order valence-electron chi connectivity index (χ4n) is 4.64. The van der Waals surface area contributed by atoms with Crippen molar-refractivity contribution in [1.82, 2.24) is 10.1 Å². The largest absolute Gasteiger partial charge is 0.488 e. The van der Waals surface area contributed by atoms with Gasteiger partial charge in [0.15, 0.2) is 5.82 Å². The van der Waals surface area contributed by atoms with Gasteiger partial charge in [-0.1, -0.05) is 84.0 Å². The normalized spacial score (nSPS) is 11.9. The van der Waals surface area contributed by atoms with E-state index in [1.807, 2.05) is 72.8 Å². The molecular weight excluding hydrogens is 535 g/mol. The summed E-state index contributed by atoms with van der Waals surface area (Å²) >= 11 is 0. The Hall–Kier alpha value is -5.24. The molecule has 0 aliphatic rings. The molecule has 5 aromatic rings. The number of allylic oxidation sites excluding steroid dienone is 1. The van der Waals surface area contributed by atoms with Crippen LogP contribution >= 0.6 is 0 Å². The Kier molecular flexibility index (Phi) is 9.03. The van der Waals surface area contributed by atoms with Crippen LogP contribution in [0.4, 0.5) is 4.39 Å². The number of rotatable bonds is 12. The second-order valence-corrected chi connectivity index (χ2v) is 9.96. The van der Waals surface area contributed by atoms with E-state index in [4.69, 9.17) is 4.74 Å². The molecule has 1 aromatic heterocycles. The molecule has 0 saturated carbocycles. The highest BCUT2D eigenvalue weighted by molar-refractivity contribution is 5.87. The number of benzene rings is 4. The number of aromatic carboxylic acids is 1. The maximum absolute atomic E-state index is 14.2. The van der Waals surface area contributed by atoms with Gasteiger partial charge in [0, 0.05) is 11.1 Å². The summed E-state index contributed by atoms with van der Waals surface area (Å²) in [6.07, 6.45) is 6.17. The molecule has 42 heavy (non-hydrogen) atoms. The monoisotopic (exact) mass is 564 g/mol. The minimum Gasteiger partial charge on any atom is -0.488 e. The number of hydrogen-bond donors (Lipinski definition) is 2. The molecule has 0 amide bonds. The molecular formula is C34H29FN2O5. The van der Waals surface area contributed by atoms with Crippen LogP contribution in [0.15, 0.2) is 112 Å². The number of hydrogen-bond acceptors (Lipinski definition) is 5. The first-order valence-corrected chi connectivity index (χ1v) is 13.5. The number of ether oxygens (including phenoxy) is 1. The Morgan fingerprint density at radius 3 is 2.38 bits per heavy atom. The molecule has 5 rings (SSSR count). The number of nitrogens with zero attached hydrogens (tertiary/aromatic N) is 1. The second kappa shape index (κ2) is 13.4. The predicted molar refractivity (Wildman–Crippen MR) is 158 cm³/mol. The lowest BCUT2D eigenvalue weighted by molar-refractivity contribution is 0.0697. The van der Waals surface area contributed by atoms with Gasteiger partial charge in [-0.05, 0) is 72.2 Å². The van der Waals surface area contributed by atoms with Crippen LogP contribution in [0.3, 0.4) is 0 Å². The number of nitrogens with one attached hydrogen (secondary N) is 1. The topological polar surface area (TPSA) is 105 Å². The van der Waals surface area contributed by atoms with Gasteiger partial charge in [0.1, 0.15) is 18.2 Å². The Bertz CT molecular complexity index is 1710. The first kappa shape index (κ1) is 28.3. The van der Waals surface area contributed by atoms with Crippen molar-refractivity contribution in [2.24, 2.45) is 5.92 Å². The average Bonchev–Trinajstić information content (AvgIpc) is 3.45. The van der Waals surface area contributed by atoms with E-state index in [1.165, 1.54) is 12.1 Å². The van der Waals surface area contributed by atoms with Crippen molar-refractivity contribution in [2.45, 2.75) is 25.9 Å². The molecule has 7 nitrogen and oxygen atoms in total. The predicted octanol–water partition coefficient (Wildman–Crippen LogP) is 6.95. The summed E-state index contributed by atoms with van der Waals surface area (Å²) in [5.74, 6) is -0.897. The quantitative estimate of drug-likeness (QED) is 0.170. The van der Waals surface area contributed by atoms with Crippen molar-refractivity contribution in [1.29, 1.82) is 0 Å². The first-order valence-electron chi connectivity index (χ1n) is 13.5. The van der Waals surface area contributed by atoms with Crippen LogP contribution in [0.5, 0.6) is 5.75 Å². The van der Waals surface area contributed by atoms with Gasteiger partial charge in [-0.25, -0.2) is 14.0 Å². The summed E-state index contributed by atoms with van der Waals surface area (Å²) < 4.78 is 24.9. The third-order valence-electron chi connectivity index (χ3n) is 6.93. The highest BCUT2D eigenvalue weighted by Gasteiger charge is 2.11. The van der Waals surface area contributed by atoms with Gasteiger partial charge >= 0.3 is 11.7 Å². The molecule has 0 spiro atoms. The lowest BCUT2D eigenvalue weighted by atomic mass is 9.91. The van der Waals surface area contributed by atoms with Crippen molar-refractivity contribution in [2.75, 3.05) is 0 Å². The molecule has 0 aliphatic carbocycles. The maximum Gasteiger partial charge on any atom is 0.439 e. The minimum absolute atomic E-state index is 0.0671. The molecule has 2 N–H and O–H groups in total. The summed E-state index contributed by atoms with van der Waals surface area (Å²) in [5.41, 5.74) is 4.73. The van der Waals surface area contributed by atoms with Crippen LogP contribution < -0.4 is 10.5 Å². The van der Waals surface area contributed by atoms with Crippen molar-refractivity contribution >= 4 is 12.0 Å². The molecule has 0 aliphatic heterocycles. The standard InChI is InChI=1S/C34H29FN2O5/c35-30-18-19-31(41-22-26-4-2-1-3-5-26)29(21-30)17-12-24(20-25-10-15-28(16-11-25)33(38)39)7-6-23-8-13-27(14-9-23)32-36-34(40)42-37-32/h1-5,8-19,21,24H,6-7,20,22H2,(H,38,39)(H,36,37,40)/b17-12+. The number of halogens is 1. The molecule has 4 aromatic carbocycles. The molecule has 1 unspecified atom stereocenters. The van der Waals surface area contributed by atoms with Gasteiger partial charge in [-0.15, -0.1) is 0 Å². The summed E-state index contributed by atoms with van der Waals surface area (Å²) in [5, 5.41) is 13.0. The summed E-state index contributed by atoms with van der Waals surface area (Å²) in [6, 6.07) is 28.8. The number of carboxylic acid groups (broad SMARTS) is 1. The Morgan fingerprint density at radius 1 is 0.952 bits per heavy atom. The third-order valence-corrected chi connectivity index (χ3v) is 6.93. The number of carboxylic acids is 1. The molecule has 0 fully saturated rings. The van der Waals surface area contributed by atoms with Crippen molar-refractivity contribution in [3.05, 3.63) is 147 Å². The fourth-order valence-corrected chi connectivity index (χ4v) is 4.64. The lowest BCUT2D eigenvalue weighted by Crippen LogP contribution is -2.05. The molecule has 1 heterocycles. The van der Waals surface area contributed by atoms with Crippen molar-refractivity contribution in [3.63, 3.8) is 0 Å². The van der Waals surface area contributed by atoms with Gasteiger partial charge in [0.25, 0.3) is 0 Å². The van der Waals surface area contributed by atoms with E-state index in [0.717, 1.165) is 35.1 Å². The van der Waals surface area contributed by atoms with Crippen LogP contribution in [0.1, 0.15) is 39.0 Å². The van der Waals surface area contributed by atoms with Gasteiger partial charge in [0.05, 0.1) is 5.56 Å². The van der Waals surface area contributed by atoms with E-state index in [-0.39, 0.29) is 17.3 Å². The molecule has 212 valence electrons. The van der Waals surface area contributed by atoms with E-state index in [9.17, 15) is 19.1 Å². The van der Waals surface area contributed by atoms with Crippen LogP contribution in [-0.4, -0.2) is 21.2 Å². The molecule has 0 saturated heterocycles. The van der Waals surface area contributed by atoms with Crippen LogP contribution in [0.25, 0.3) is 17.5 Å². The third kappa shape index (κ3) is 7.69. The van der Waals surface area contributed by atoms with Gasteiger partial charge < -0.3 is 9.84 Å². The van der Waals surface area contributed by atoms with Gasteiger partial charge in [-0.2, -0.15) is 0 Å². The summed E-state index contributed by atoms with van der Waals surface area (Å²) in [4.78, 5) is 25.1. The number of aryl methyl sites for hydroxylation is 1. The smallest absolute Gasteiger partial charge is 0.439 e. The Morgan fingerprint density at radius 2 is 1.69 bits per heavy atom. The lowest BCUT2D eigenvalue weighted by Gasteiger charge is -2.15. The summed E-state index contributed by atoms with van der Waals surface area (Å²) in [7, 11) is 0. The highest BCUT2D eigenvalue weighted by atomic mass is 19.1. The van der Waals surface area contributed by atoms with E-state index < -0.39 is 11.7 Å². The minimum atomic E-state index is -0.967. The van der Waals surface area contributed by atoms with Crippen LogP contribution in [-0.2, 0) is 19.4 Å². The van der Waals surface area contributed by atoms with E-state index in [2.05, 4.69) is 20.7 Å². The van der Waals surface area contributed by atoms with Crippen molar-refractivity contribution in [3.8, 4) is 17.1 Å². The van der Waals surface area contributed by atoms with Crippen LogP contribution in [0, 0.1) is 11.7 Å². The Balaban J connectivity index is 1.33. The number of H-pyrrole nitrogens is 1. The number of carbonyl (C=O) groups is 1. The zero-order valence-electron chi connectivity index (χ0n) is 22.7. The SMILES string of the molecule is O=C(O)c1ccc(CC(/C=C/c2cc(F)ccc2OCc2ccccc2)CCc2ccc(-c3noc(=O)[nH]3)cc2)cc1. The van der Waals surface area contributed by atoms with Gasteiger partial charge in [-0.3, -0.25) is 9.51 Å². The molecule has 8 heteroatoms. The number of aromatic nitrogens is 2. The first-order chi connectivity index (χ1) is 20.4. The zero-order valence-corrected chi connectivity index (χ0v) is 22.7. The van der Waals surface area contributed by atoms with E-state index in [1.54, 1.807) is 18.2 Å². The number of aromatic amines is 1. The van der Waals surface area contributed by atoms with E-state index in [0.29, 0.717) is 30.2 Å². The molecule has 1 atom stereocenters. The van der Waals surface area contributed by atoms with Crippen LogP contribution in [0.2, 0.25) is 0 Å². The van der Waals surface area contributed by atoms with E-state index >= 15 is 0 Å². The zero-order chi connectivity index (χ0) is 29.3. The molecule has 0 bridgehead atoms. The fraction of sp³-hybridized carbons (Fsp3) is 0.147. The average molecular weight is 565 g/mol. The van der Waals surface area contributed by atoms with Crippen molar-refractivity contribution < 1.29 is 23.6 Å². The van der Waals surface area contributed by atoms with Gasteiger partial charge in [0.2, 0.25) is 0 Å².